The number of ether oxygens (including phenoxy) is 1. The lowest BCUT2D eigenvalue weighted by Gasteiger charge is -2.36. The van der Waals surface area contributed by atoms with Crippen LogP contribution in [-0.4, -0.2) is 35.8 Å². The molecule has 3 fully saturated rings. The van der Waals surface area contributed by atoms with E-state index >= 15 is 0 Å². The molecule has 6 rings (SSSR count). The number of amides is 1. The predicted molar refractivity (Wildman–Crippen MR) is 157 cm³/mol. The van der Waals surface area contributed by atoms with E-state index in [0.29, 0.717) is 30.6 Å². The Morgan fingerprint density at radius 2 is 1.73 bits per heavy atom. The van der Waals surface area contributed by atoms with Crippen LogP contribution in [-0.2, 0) is 4.79 Å². The van der Waals surface area contributed by atoms with Crippen molar-refractivity contribution in [2.24, 2.45) is 11.8 Å². The predicted octanol–water partition coefficient (Wildman–Crippen LogP) is 7.39. The Balaban J connectivity index is 1.19. The van der Waals surface area contributed by atoms with E-state index in [-0.39, 0.29) is 17.9 Å². The fraction of sp³-hybridized carbons (Fsp3) is 0.529. The number of methoxy groups -OCH3 is 1. The summed E-state index contributed by atoms with van der Waals surface area (Å²) in [6, 6.07) is 14.8. The lowest BCUT2D eigenvalue weighted by atomic mass is 9.78. The lowest BCUT2D eigenvalue weighted by molar-refractivity contribution is -0.124. The van der Waals surface area contributed by atoms with Gasteiger partial charge in [-0.3, -0.25) is 4.79 Å². The number of nitrogens with zero attached hydrogens (tertiary/aromatic N) is 2. The summed E-state index contributed by atoms with van der Waals surface area (Å²) in [5.41, 5.74) is 4.49. The highest BCUT2D eigenvalue weighted by atomic mass is 16.5. The molecule has 212 valence electrons. The summed E-state index contributed by atoms with van der Waals surface area (Å²) in [7, 11) is 1.72. The van der Waals surface area contributed by atoms with Gasteiger partial charge in [0.15, 0.2) is 11.7 Å². The third kappa shape index (κ3) is 5.97. The summed E-state index contributed by atoms with van der Waals surface area (Å²) in [4.78, 5) is 20.6. The molecule has 6 heteroatoms. The van der Waals surface area contributed by atoms with Crippen molar-refractivity contribution < 1.29 is 19.1 Å². The molecule has 3 aliphatic carbocycles. The first-order valence-corrected chi connectivity index (χ1v) is 15.2. The second kappa shape index (κ2) is 11.8. The standard InChI is InChI=1S/C34H42N2O4/c1-22-18-27(14-17-31(22)39-2)24-8-6-23(7-9-24)21-36(34(38)26-12-15-30(37)16-13-26)29-5-3-4-28(19-29)32-20-35-33(40-32)25-10-11-25/h3-5,14,17-20,23-26,30,37H,6-13,15-16,21H2,1-2H3. The van der Waals surface area contributed by atoms with Gasteiger partial charge < -0.3 is 19.2 Å². The molecule has 0 atom stereocenters. The minimum absolute atomic E-state index is 0.0302. The average molecular weight is 543 g/mol. The second-order valence-corrected chi connectivity index (χ2v) is 12.3. The van der Waals surface area contributed by atoms with Crippen LogP contribution in [0.5, 0.6) is 5.75 Å². The Kier molecular flexibility index (Phi) is 7.97. The van der Waals surface area contributed by atoms with E-state index in [4.69, 9.17) is 9.15 Å². The van der Waals surface area contributed by atoms with E-state index in [1.54, 1.807) is 7.11 Å². The normalized spacial score (nSPS) is 25.0. The van der Waals surface area contributed by atoms with Gasteiger partial charge in [0.25, 0.3) is 0 Å². The van der Waals surface area contributed by atoms with Gasteiger partial charge >= 0.3 is 0 Å². The van der Waals surface area contributed by atoms with Crippen molar-refractivity contribution >= 4 is 11.6 Å². The molecule has 0 bridgehead atoms. The Morgan fingerprint density at radius 3 is 2.42 bits per heavy atom. The lowest BCUT2D eigenvalue weighted by Crippen LogP contribution is -2.41. The van der Waals surface area contributed by atoms with Crippen molar-refractivity contribution in [2.45, 2.75) is 89.1 Å². The SMILES string of the molecule is COc1ccc(C2CCC(CN(C(=O)C3CCC(O)CC3)c3cccc(-c4cnc(C5CC5)o4)c3)CC2)cc1C. The van der Waals surface area contributed by atoms with E-state index < -0.39 is 0 Å². The van der Waals surface area contributed by atoms with Gasteiger partial charge in [-0.25, -0.2) is 4.98 Å². The Hall–Kier alpha value is -3.12. The van der Waals surface area contributed by atoms with Crippen molar-refractivity contribution in [3.8, 4) is 17.1 Å². The van der Waals surface area contributed by atoms with Gasteiger partial charge in [0.2, 0.25) is 5.91 Å². The van der Waals surface area contributed by atoms with Crippen LogP contribution in [0.15, 0.2) is 53.1 Å². The van der Waals surface area contributed by atoms with Crippen LogP contribution >= 0.6 is 0 Å². The molecule has 1 amide bonds. The summed E-state index contributed by atoms with van der Waals surface area (Å²) >= 11 is 0. The maximum Gasteiger partial charge on any atom is 0.230 e. The molecule has 0 spiro atoms. The van der Waals surface area contributed by atoms with Crippen molar-refractivity contribution in [2.75, 3.05) is 18.6 Å². The van der Waals surface area contributed by atoms with E-state index in [2.05, 4.69) is 42.2 Å². The fourth-order valence-electron chi connectivity index (χ4n) is 6.73. The van der Waals surface area contributed by atoms with Gasteiger partial charge in [-0.2, -0.15) is 0 Å². The zero-order valence-corrected chi connectivity index (χ0v) is 23.9. The molecule has 3 saturated carbocycles. The second-order valence-electron chi connectivity index (χ2n) is 12.3. The average Bonchev–Trinajstić information content (AvgIpc) is 3.72. The molecule has 0 aliphatic heterocycles. The Labute approximate surface area is 237 Å². The van der Waals surface area contributed by atoms with Gasteiger partial charge in [-0.05, 0) is 112 Å². The summed E-state index contributed by atoms with van der Waals surface area (Å²) in [6.07, 6.45) is 11.3. The quantitative estimate of drug-likeness (QED) is 0.321. The van der Waals surface area contributed by atoms with Crippen LogP contribution in [0, 0.1) is 18.8 Å². The summed E-state index contributed by atoms with van der Waals surface area (Å²) in [5.74, 6) is 4.20. The number of aryl methyl sites for hydroxylation is 1. The number of carbonyl (C=O) groups excluding carboxylic acids is 1. The molecular formula is C34H42N2O4. The molecule has 0 unspecified atom stereocenters. The molecule has 0 saturated heterocycles. The highest BCUT2D eigenvalue weighted by Crippen LogP contribution is 2.41. The summed E-state index contributed by atoms with van der Waals surface area (Å²) in [5, 5.41) is 10.1. The fourth-order valence-corrected chi connectivity index (χ4v) is 6.73. The smallest absolute Gasteiger partial charge is 0.230 e. The third-order valence-corrected chi connectivity index (χ3v) is 9.38. The van der Waals surface area contributed by atoms with Crippen LogP contribution in [0.2, 0.25) is 0 Å². The minimum atomic E-state index is -0.273. The monoisotopic (exact) mass is 542 g/mol. The Morgan fingerprint density at radius 1 is 0.975 bits per heavy atom. The number of aromatic nitrogens is 1. The highest BCUT2D eigenvalue weighted by molar-refractivity contribution is 5.95. The minimum Gasteiger partial charge on any atom is -0.496 e. The zero-order chi connectivity index (χ0) is 27.6. The van der Waals surface area contributed by atoms with Gasteiger partial charge in [0, 0.05) is 29.6 Å². The molecular weight excluding hydrogens is 500 g/mol. The summed E-state index contributed by atoms with van der Waals surface area (Å²) < 4.78 is 11.6. The molecule has 3 aliphatic rings. The summed E-state index contributed by atoms with van der Waals surface area (Å²) in [6.45, 7) is 2.85. The van der Waals surface area contributed by atoms with Crippen LogP contribution in [0.3, 0.4) is 0 Å². The number of rotatable bonds is 8. The van der Waals surface area contributed by atoms with Crippen LogP contribution in [0.4, 0.5) is 5.69 Å². The Bertz CT molecular complexity index is 1310. The van der Waals surface area contributed by atoms with Gasteiger partial charge in [0.1, 0.15) is 5.75 Å². The first-order valence-electron chi connectivity index (χ1n) is 15.2. The maximum atomic E-state index is 14.0. The van der Waals surface area contributed by atoms with E-state index in [1.165, 1.54) is 11.1 Å². The van der Waals surface area contributed by atoms with Crippen molar-refractivity contribution in [1.82, 2.24) is 4.98 Å². The number of oxazole rings is 1. The third-order valence-electron chi connectivity index (χ3n) is 9.38. The molecule has 1 N–H and O–H groups in total. The number of anilines is 1. The number of aliphatic hydroxyl groups is 1. The molecule has 1 aromatic heterocycles. The molecule has 0 radical (unpaired) electrons. The molecule has 2 aromatic carbocycles. The van der Waals surface area contributed by atoms with E-state index in [9.17, 15) is 9.90 Å². The number of benzene rings is 2. The number of aliphatic hydroxyl groups excluding tert-OH is 1. The van der Waals surface area contributed by atoms with Crippen molar-refractivity contribution in [1.29, 1.82) is 0 Å². The molecule has 3 aromatic rings. The number of hydrogen-bond acceptors (Lipinski definition) is 5. The zero-order valence-electron chi connectivity index (χ0n) is 23.9. The highest BCUT2D eigenvalue weighted by Gasteiger charge is 2.33. The number of carbonyl (C=O) groups is 1. The van der Waals surface area contributed by atoms with Crippen molar-refractivity contribution in [3.63, 3.8) is 0 Å². The van der Waals surface area contributed by atoms with Gasteiger partial charge in [0.05, 0.1) is 19.4 Å². The van der Waals surface area contributed by atoms with Crippen LogP contribution in [0.25, 0.3) is 11.3 Å². The first kappa shape index (κ1) is 27.1. The first-order chi connectivity index (χ1) is 19.5. The molecule has 40 heavy (non-hydrogen) atoms. The van der Waals surface area contributed by atoms with Crippen LogP contribution in [0.1, 0.15) is 93.1 Å². The molecule has 1 heterocycles. The maximum absolute atomic E-state index is 14.0. The van der Waals surface area contributed by atoms with Crippen LogP contribution < -0.4 is 9.64 Å². The topological polar surface area (TPSA) is 75.8 Å². The number of hydrogen-bond donors (Lipinski definition) is 1. The van der Waals surface area contributed by atoms with Gasteiger partial charge in [-0.15, -0.1) is 0 Å². The largest absolute Gasteiger partial charge is 0.496 e. The van der Waals surface area contributed by atoms with Crippen molar-refractivity contribution in [3.05, 3.63) is 65.7 Å². The molecule has 6 nitrogen and oxygen atoms in total. The van der Waals surface area contributed by atoms with E-state index in [1.807, 2.05) is 23.2 Å². The van der Waals surface area contributed by atoms with E-state index in [0.717, 1.165) is 86.6 Å². The van der Waals surface area contributed by atoms with Gasteiger partial charge in [-0.1, -0.05) is 24.3 Å².